The molecule has 0 aliphatic carbocycles. The zero-order valence-corrected chi connectivity index (χ0v) is 12.4. The Balaban J connectivity index is 2.26. The maximum Gasteiger partial charge on any atom is 0.243 e. The Labute approximate surface area is 115 Å². The van der Waals surface area contributed by atoms with Crippen LogP contribution in [0.15, 0.2) is 23.1 Å². The molecule has 1 aliphatic rings. The van der Waals surface area contributed by atoms with Gasteiger partial charge in [-0.1, -0.05) is 12.1 Å². The first-order valence-electron chi connectivity index (χ1n) is 6.72. The van der Waals surface area contributed by atoms with Crippen molar-refractivity contribution in [1.29, 1.82) is 0 Å². The third kappa shape index (κ3) is 2.99. The van der Waals surface area contributed by atoms with Crippen LogP contribution in [0.5, 0.6) is 0 Å². The normalized spacial score (nSPS) is 18.7. The van der Waals surface area contributed by atoms with Crippen LogP contribution in [0, 0.1) is 19.8 Å². The predicted octanol–water partition coefficient (Wildman–Crippen LogP) is 1.66. The average Bonchev–Trinajstić information content (AvgIpc) is 2.41. The van der Waals surface area contributed by atoms with Gasteiger partial charge in [0.1, 0.15) is 0 Å². The van der Waals surface area contributed by atoms with Crippen molar-refractivity contribution in [2.75, 3.05) is 19.6 Å². The van der Waals surface area contributed by atoms with Gasteiger partial charge in [0.15, 0.2) is 0 Å². The highest BCUT2D eigenvalue weighted by molar-refractivity contribution is 7.89. The molecule has 19 heavy (non-hydrogen) atoms. The molecular weight excluding hydrogens is 260 g/mol. The maximum atomic E-state index is 12.6. The van der Waals surface area contributed by atoms with E-state index < -0.39 is 10.0 Å². The highest BCUT2D eigenvalue weighted by Gasteiger charge is 2.29. The Morgan fingerprint density at radius 1 is 1.26 bits per heavy atom. The van der Waals surface area contributed by atoms with Crippen LogP contribution in [0.4, 0.5) is 0 Å². The molecule has 1 aromatic rings. The number of sulfonamides is 1. The topological polar surface area (TPSA) is 63.4 Å². The highest BCUT2D eigenvalue weighted by Crippen LogP contribution is 2.25. The van der Waals surface area contributed by atoms with Crippen molar-refractivity contribution >= 4 is 10.0 Å². The van der Waals surface area contributed by atoms with E-state index in [0.29, 0.717) is 30.4 Å². The standard InChI is InChI=1S/C14H22N2O2S/c1-11-3-4-12(2)14(9-11)19(17,18)16-7-5-13(10-15)6-8-16/h3-4,9,13H,5-8,10,15H2,1-2H3. The molecule has 2 N–H and O–H groups in total. The summed E-state index contributed by atoms with van der Waals surface area (Å²) in [6.07, 6.45) is 1.72. The van der Waals surface area contributed by atoms with Gasteiger partial charge < -0.3 is 5.73 Å². The molecule has 1 heterocycles. The van der Waals surface area contributed by atoms with E-state index in [9.17, 15) is 8.42 Å². The monoisotopic (exact) mass is 282 g/mol. The van der Waals surface area contributed by atoms with E-state index in [2.05, 4.69) is 0 Å². The Morgan fingerprint density at radius 3 is 2.47 bits per heavy atom. The quantitative estimate of drug-likeness (QED) is 0.917. The second-order valence-electron chi connectivity index (χ2n) is 5.35. The minimum atomic E-state index is -3.35. The van der Waals surface area contributed by atoms with Crippen LogP contribution in [0.25, 0.3) is 0 Å². The first-order chi connectivity index (χ1) is 8.95. The molecule has 0 saturated carbocycles. The predicted molar refractivity (Wildman–Crippen MR) is 76.5 cm³/mol. The van der Waals surface area contributed by atoms with Gasteiger partial charge >= 0.3 is 0 Å². The third-order valence-electron chi connectivity index (χ3n) is 3.87. The summed E-state index contributed by atoms with van der Waals surface area (Å²) < 4.78 is 26.9. The van der Waals surface area contributed by atoms with Crippen molar-refractivity contribution in [1.82, 2.24) is 4.31 Å². The fourth-order valence-electron chi connectivity index (χ4n) is 2.51. The van der Waals surface area contributed by atoms with Gasteiger partial charge in [0.2, 0.25) is 10.0 Å². The van der Waals surface area contributed by atoms with E-state index in [1.807, 2.05) is 26.0 Å². The molecule has 0 spiro atoms. The smallest absolute Gasteiger partial charge is 0.243 e. The molecule has 1 fully saturated rings. The lowest BCUT2D eigenvalue weighted by Crippen LogP contribution is -2.40. The summed E-state index contributed by atoms with van der Waals surface area (Å²) in [4.78, 5) is 0.443. The number of nitrogens with two attached hydrogens (primary N) is 1. The second kappa shape index (κ2) is 5.61. The first-order valence-corrected chi connectivity index (χ1v) is 8.16. The van der Waals surface area contributed by atoms with Gasteiger partial charge in [0, 0.05) is 13.1 Å². The molecule has 1 saturated heterocycles. The molecule has 5 heteroatoms. The molecule has 1 aliphatic heterocycles. The molecule has 106 valence electrons. The van der Waals surface area contributed by atoms with Gasteiger partial charge in [-0.05, 0) is 56.3 Å². The number of hydrogen-bond donors (Lipinski definition) is 1. The van der Waals surface area contributed by atoms with Gasteiger partial charge in [-0.3, -0.25) is 0 Å². The van der Waals surface area contributed by atoms with Gasteiger partial charge in [-0.2, -0.15) is 4.31 Å². The average molecular weight is 282 g/mol. The number of rotatable bonds is 3. The van der Waals surface area contributed by atoms with Crippen LogP contribution < -0.4 is 5.73 Å². The van der Waals surface area contributed by atoms with Gasteiger partial charge in [-0.25, -0.2) is 8.42 Å². The molecule has 2 rings (SSSR count). The fourth-order valence-corrected chi connectivity index (χ4v) is 4.29. The fraction of sp³-hybridized carbons (Fsp3) is 0.571. The molecule has 4 nitrogen and oxygen atoms in total. The number of piperidine rings is 1. The van der Waals surface area contributed by atoms with Crippen LogP contribution in [-0.2, 0) is 10.0 Å². The van der Waals surface area contributed by atoms with Crippen molar-refractivity contribution in [3.8, 4) is 0 Å². The van der Waals surface area contributed by atoms with E-state index in [0.717, 1.165) is 24.0 Å². The summed E-state index contributed by atoms with van der Waals surface area (Å²) in [6, 6.07) is 5.57. The zero-order chi connectivity index (χ0) is 14.0. The van der Waals surface area contributed by atoms with E-state index in [1.54, 1.807) is 10.4 Å². The van der Waals surface area contributed by atoms with Gasteiger partial charge in [0.05, 0.1) is 4.90 Å². The van der Waals surface area contributed by atoms with E-state index in [1.165, 1.54) is 0 Å². The van der Waals surface area contributed by atoms with Crippen LogP contribution in [0.1, 0.15) is 24.0 Å². The first kappa shape index (κ1) is 14.5. The van der Waals surface area contributed by atoms with Crippen LogP contribution >= 0.6 is 0 Å². The van der Waals surface area contributed by atoms with E-state index in [-0.39, 0.29) is 0 Å². The molecular formula is C14H22N2O2S. The largest absolute Gasteiger partial charge is 0.330 e. The Morgan fingerprint density at radius 2 is 1.89 bits per heavy atom. The van der Waals surface area contributed by atoms with Crippen molar-refractivity contribution in [3.05, 3.63) is 29.3 Å². The third-order valence-corrected chi connectivity index (χ3v) is 5.91. The van der Waals surface area contributed by atoms with Gasteiger partial charge in [0.25, 0.3) is 0 Å². The highest BCUT2D eigenvalue weighted by atomic mass is 32.2. The lowest BCUT2D eigenvalue weighted by Gasteiger charge is -2.31. The number of aryl methyl sites for hydroxylation is 2. The Hall–Kier alpha value is -0.910. The van der Waals surface area contributed by atoms with Crippen molar-refractivity contribution < 1.29 is 8.42 Å². The summed E-state index contributed by atoms with van der Waals surface area (Å²) >= 11 is 0. The molecule has 0 unspecified atom stereocenters. The van der Waals surface area contributed by atoms with Crippen LogP contribution in [-0.4, -0.2) is 32.4 Å². The molecule has 0 aromatic heterocycles. The summed E-state index contributed by atoms with van der Waals surface area (Å²) in [5.41, 5.74) is 7.43. The number of benzene rings is 1. The lowest BCUT2D eigenvalue weighted by molar-refractivity contribution is 0.278. The summed E-state index contributed by atoms with van der Waals surface area (Å²) in [7, 11) is -3.35. The van der Waals surface area contributed by atoms with Crippen molar-refractivity contribution in [2.45, 2.75) is 31.6 Å². The molecule has 1 aromatic carbocycles. The van der Waals surface area contributed by atoms with Gasteiger partial charge in [-0.15, -0.1) is 0 Å². The number of hydrogen-bond acceptors (Lipinski definition) is 3. The minimum Gasteiger partial charge on any atom is -0.330 e. The minimum absolute atomic E-state index is 0.443. The lowest BCUT2D eigenvalue weighted by atomic mass is 9.99. The summed E-state index contributed by atoms with van der Waals surface area (Å²) in [5, 5.41) is 0. The van der Waals surface area contributed by atoms with Crippen molar-refractivity contribution in [3.63, 3.8) is 0 Å². The molecule has 0 amide bonds. The molecule has 0 atom stereocenters. The Bertz CT molecular complexity index is 547. The van der Waals surface area contributed by atoms with Crippen LogP contribution in [0.2, 0.25) is 0 Å². The maximum absolute atomic E-state index is 12.6. The van der Waals surface area contributed by atoms with Crippen molar-refractivity contribution in [2.24, 2.45) is 11.7 Å². The summed E-state index contributed by atoms with van der Waals surface area (Å²) in [5.74, 6) is 0.463. The SMILES string of the molecule is Cc1ccc(C)c(S(=O)(=O)N2CCC(CN)CC2)c1. The van der Waals surface area contributed by atoms with Crippen LogP contribution in [0.3, 0.4) is 0 Å². The number of nitrogens with zero attached hydrogens (tertiary/aromatic N) is 1. The second-order valence-corrected chi connectivity index (χ2v) is 7.26. The van der Waals surface area contributed by atoms with E-state index >= 15 is 0 Å². The zero-order valence-electron chi connectivity index (χ0n) is 11.6. The van der Waals surface area contributed by atoms with E-state index in [4.69, 9.17) is 5.73 Å². The Kier molecular flexibility index (Phi) is 4.28. The molecule has 0 radical (unpaired) electrons. The molecule has 0 bridgehead atoms. The summed E-state index contributed by atoms with van der Waals surface area (Å²) in [6.45, 7) is 5.57.